The number of likely N-dealkylation sites (N-methyl/N-ethyl adjacent to an activating group) is 1. The van der Waals surface area contributed by atoms with Crippen molar-refractivity contribution in [2.45, 2.75) is 25.8 Å². The average Bonchev–Trinajstić information content (AvgIpc) is 3.15. The van der Waals surface area contributed by atoms with Crippen molar-refractivity contribution in [2.24, 2.45) is 10.7 Å². The van der Waals surface area contributed by atoms with Gasteiger partial charge in [-0.05, 0) is 32.0 Å². The molecule has 144 valence electrons. The molecule has 1 atom stereocenters. The van der Waals surface area contributed by atoms with Gasteiger partial charge in [-0.1, -0.05) is 6.92 Å². The summed E-state index contributed by atoms with van der Waals surface area (Å²) in [6, 6.07) is 2.41. The fourth-order valence-corrected chi connectivity index (χ4v) is 3.75. The molecule has 3 rings (SSSR count). The van der Waals surface area contributed by atoms with Crippen molar-refractivity contribution >= 4 is 11.9 Å². The molecule has 2 saturated heterocycles. The number of nitrogens with one attached hydrogen (secondary N) is 1. The number of hydrogen-bond donors (Lipinski definition) is 2. The molecule has 0 radical (unpaired) electrons. The van der Waals surface area contributed by atoms with Crippen molar-refractivity contribution in [3.05, 3.63) is 18.5 Å². The molecular weight excluding hydrogens is 328 g/mol. The molecule has 8 nitrogen and oxygen atoms in total. The van der Waals surface area contributed by atoms with Gasteiger partial charge < -0.3 is 16.0 Å². The molecule has 2 aliphatic rings. The molecule has 0 aliphatic carbocycles. The molecule has 8 heteroatoms. The molecule has 1 aromatic rings. The van der Waals surface area contributed by atoms with Crippen molar-refractivity contribution in [1.82, 2.24) is 25.1 Å². The van der Waals surface area contributed by atoms with Crippen LogP contribution < -0.4 is 16.0 Å². The van der Waals surface area contributed by atoms with Crippen molar-refractivity contribution in [3.63, 3.8) is 0 Å². The molecule has 3 N–H and O–H groups in total. The van der Waals surface area contributed by atoms with Gasteiger partial charge in [-0.15, -0.1) is 0 Å². The second-order valence-corrected chi connectivity index (χ2v) is 6.95. The molecule has 1 unspecified atom stereocenters. The van der Waals surface area contributed by atoms with Crippen LogP contribution in [0.1, 0.15) is 19.8 Å². The lowest BCUT2D eigenvalue weighted by atomic mass is 10.2. The molecule has 2 fully saturated rings. The van der Waals surface area contributed by atoms with E-state index >= 15 is 0 Å². The number of aliphatic imine (C=N–C) groups is 1. The van der Waals surface area contributed by atoms with E-state index in [9.17, 15) is 0 Å². The van der Waals surface area contributed by atoms with Crippen LogP contribution in [0.3, 0.4) is 0 Å². The number of nitrogens with zero attached hydrogens (tertiary/aromatic N) is 6. The van der Waals surface area contributed by atoms with Gasteiger partial charge in [0.05, 0.1) is 6.54 Å². The van der Waals surface area contributed by atoms with Crippen LogP contribution in [0.15, 0.2) is 23.5 Å². The molecule has 0 bridgehead atoms. The molecule has 26 heavy (non-hydrogen) atoms. The highest BCUT2D eigenvalue weighted by molar-refractivity contribution is 5.77. The van der Waals surface area contributed by atoms with E-state index < -0.39 is 0 Å². The van der Waals surface area contributed by atoms with Gasteiger partial charge in [-0.25, -0.2) is 9.97 Å². The van der Waals surface area contributed by atoms with Crippen LogP contribution in [0.2, 0.25) is 0 Å². The van der Waals surface area contributed by atoms with E-state index in [0.29, 0.717) is 12.0 Å². The Morgan fingerprint density at radius 3 is 2.73 bits per heavy atom. The van der Waals surface area contributed by atoms with E-state index in [1.807, 2.05) is 6.07 Å². The number of piperazine rings is 1. The third kappa shape index (κ3) is 5.28. The predicted octanol–water partition coefficient (Wildman–Crippen LogP) is -0.0128. The number of nitrogens with two attached hydrogens (primary N) is 1. The Labute approximate surface area is 156 Å². The summed E-state index contributed by atoms with van der Waals surface area (Å²) in [5, 5.41) is 3.26. The van der Waals surface area contributed by atoms with Crippen LogP contribution in [-0.2, 0) is 0 Å². The standard InChI is InChI=1S/C18H32N8/c1-2-25-9-3-5-16(25)15-23-17(19)20-8-10-24-11-13-26(14-12-24)18-21-6-4-7-22-18/h4,6-7,16H,2-3,5,8-15H2,1H3,(H3,19,20,23). The number of anilines is 1. The molecule has 1 aromatic heterocycles. The first-order chi connectivity index (χ1) is 12.8. The quantitative estimate of drug-likeness (QED) is 0.522. The zero-order valence-corrected chi connectivity index (χ0v) is 15.8. The molecule has 0 spiro atoms. The van der Waals surface area contributed by atoms with Gasteiger partial charge >= 0.3 is 0 Å². The minimum atomic E-state index is 0.564. The number of guanidine groups is 1. The van der Waals surface area contributed by atoms with Crippen molar-refractivity contribution in [1.29, 1.82) is 0 Å². The Morgan fingerprint density at radius 2 is 2.00 bits per heavy atom. The van der Waals surface area contributed by atoms with Crippen LogP contribution in [0.25, 0.3) is 0 Å². The summed E-state index contributed by atoms with van der Waals surface area (Å²) in [6.45, 7) is 11.1. The number of aromatic nitrogens is 2. The second-order valence-electron chi connectivity index (χ2n) is 6.95. The highest BCUT2D eigenvalue weighted by Crippen LogP contribution is 2.16. The monoisotopic (exact) mass is 360 g/mol. The minimum absolute atomic E-state index is 0.564. The third-order valence-electron chi connectivity index (χ3n) is 5.32. The van der Waals surface area contributed by atoms with Crippen LogP contribution >= 0.6 is 0 Å². The van der Waals surface area contributed by atoms with E-state index in [2.05, 4.69) is 41.9 Å². The van der Waals surface area contributed by atoms with Gasteiger partial charge in [0.25, 0.3) is 0 Å². The minimum Gasteiger partial charge on any atom is -0.370 e. The molecule has 0 saturated carbocycles. The zero-order chi connectivity index (χ0) is 18.2. The van der Waals surface area contributed by atoms with Crippen molar-refractivity contribution < 1.29 is 0 Å². The fraction of sp³-hybridized carbons (Fsp3) is 0.722. The first kappa shape index (κ1) is 18.8. The Bertz CT molecular complexity index is 556. The summed E-state index contributed by atoms with van der Waals surface area (Å²) in [6.07, 6.45) is 6.11. The van der Waals surface area contributed by atoms with E-state index in [1.165, 1.54) is 19.4 Å². The van der Waals surface area contributed by atoms with Gasteiger partial charge in [0.15, 0.2) is 5.96 Å². The Morgan fingerprint density at radius 1 is 1.23 bits per heavy atom. The lowest BCUT2D eigenvalue weighted by molar-refractivity contribution is 0.260. The summed E-state index contributed by atoms with van der Waals surface area (Å²) in [5.74, 6) is 1.40. The van der Waals surface area contributed by atoms with E-state index in [0.717, 1.165) is 58.3 Å². The predicted molar refractivity (Wildman–Crippen MR) is 105 cm³/mol. The van der Waals surface area contributed by atoms with E-state index in [4.69, 9.17) is 5.73 Å². The largest absolute Gasteiger partial charge is 0.370 e. The topological polar surface area (TPSA) is 85.9 Å². The smallest absolute Gasteiger partial charge is 0.225 e. The molecule has 2 aliphatic heterocycles. The van der Waals surface area contributed by atoms with Crippen molar-refractivity contribution in [2.75, 3.05) is 63.8 Å². The first-order valence-corrected chi connectivity index (χ1v) is 9.78. The molecule has 3 heterocycles. The van der Waals surface area contributed by atoms with Crippen LogP contribution in [0.4, 0.5) is 5.95 Å². The van der Waals surface area contributed by atoms with Gasteiger partial charge in [0, 0.05) is 57.7 Å². The SMILES string of the molecule is CCN1CCCC1CN=C(N)NCCN1CCN(c2ncccn2)CC1. The summed E-state index contributed by atoms with van der Waals surface area (Å²) in [7, 11) is 0. The lowest BCUT2D eigenvalue weighted by Crippen LogP contribution is -2.49. The van der Waals surface area contributed by atoms with E-state index in [-0.39, 0.29) is 0 Å². The fourth-order valence-electron chi connectivity index (χ4n) is 3.75. The molecular formula is C18H32N8. The summed E-state index contributed by atoms with van der Waals surface area (Å²) in [5.41, 5.74) is 6.03. The maximum atomic E-state index is 6.03. The van der Waals surface area contributed by atoms with Gasteiger partial charge in [0.2, 0.25) is 5.95 Å². The number of likely N-dealkylation sites (tertiary alicyclic amines) is 1. The summed E-state index contributed by atoms with van der Waals surface area (Å²) in [4.78, 5) is 20.4. The molecule has 0 amide bonds. The average molecular weight is 361 g/mol. The second kappa shape index (κ2) is 9.68. The number of hydrogen-bond acceptors (Lipinski definition) is 6. The van der Waals surface area contributed by atoms with Crippen LogP contribution in [0, 0.1) is 0 Å². The van der Waals surface area contributed by atoms with Crippen LogP contribution in [0.5, 0.6) is 0 Å². The highest BCUT2D eigenvalue weighted by atomic mass is 15.3. The first-order valence-electron chi connectivity index (χ1n) is 9.78. The Kier molecular flexibility index (Phi) is 7.02. The van der Waals surface area contributed by atoms with E-state index in [1.54, 1.807) is 12.4 Å². The van der Waals surface area contributed by atoms with Gasteiger partial charge in [-0.2, -0.15) is 0 Å². The maximum absolute atomic E-state index is 6.03. The highest BCUT2D eigenvalue weighted by Gasteiger charge is 2.22. The Balaban J connectivity index is 1.32. The van der Waals surface area contributed by atoms with Crippen LogP contribution in [-0.4, -0.2) is 90.7 Å². The third-order valence-corrected chi connectivity index (χ3v) is 5.32. The van der Waals surface area contributed by atoms with Crippen molar-refractivity contribution in [3.8, 4) is 0 Å². The number of rotatable bonds is 7. The summed E-state index contributed by atoms with van der Waals surface area (Å²) >= 11 is 0. The van der Waals surface area contributed by atoms with Gasteiger partial charge in [0.1, 0.15) is 0 Å². The molecule has 0 aromatic carbocycles. The lowest BCUT2D eigenvalue weighted by Gasteiger charge is -2.34. The normalized spacial score (nSPS) is 22.7. The van der Waals surface area contributed by atoms with Gasteiger partial charge in [-0.3, -0.25) is 14.8 Å². The zero-order valence-electron chi connectivity index (χ0n) is 15.8. The summed E-state index contributed by atoms with van der Waals surface area (Å²) < 4.78 is 0. The Hall–Kier alpha value is -1.93. The maximum Gasteiger partial charge on any atom is 0.225 e.